The van der Waals surface area contributed by atoms with Crippen LogP contribution in [0.5, 0.6) is 0 Å². The van der Waals surface area contributed by atoms with Crippen LogP contribution in [0.2, 0.25) is 0 Å². The summed E-state index contributed by atoms with van der Waals surface area (Å²) in [6.45, 7) is 3.96. The molecule has 20 heavy (non-hydrogen) atoms. The van der Waals surface area contributed by atoms with Crippen LogP contribution in [0.3, 0.4) is 0 Å². The lowest BCUT2D eigenvalue weighted by Gasteiger charge is -2.27. The Morgan fingerprint density at radius 3 is 2.15 bits per heavy atom. The first-order valence-electron chi connectivity index (χ1n) is 6.11. The average molecular weight is 322 g/mol. The van der Waals surface area contributed by atoms with Crippen LogP contribution in [-0.4, -0.2) is 37.0 Å². The zero-order valence-electron chi connectivity index (χ0n) is 12.4. The van der Waals surface area contributed by atoms with Gasteiger partial charge in [-0.15, -0.1) is 24.8 Å². The monoisotopic (exact) mass is 321 g/mol. The van der Waals surface area contributed by atoms with Crippen LogP contribution >= 0.6 is 24.8 Å². The number of amides is 1. The average Bonchev–Trinajstić information content (AvgIpc) is 2.28. The molecule has 0 saturated carbocycles. The second kappa shape index (κ2) is 9.19. The largest absolute Gasteiger partial charge is 0.353 e. The minimum absolute atomic E-state index is 0. The fourth-order valence-corrected chi connectivity index (χ4v) is 1.69. The third-order valence-electron chi connectivity index (χ3n) is 2.85. The van der Waals surface area contributed by atoms with Crippen LogP contribution in [-0.2, 0) is 4.79 Å². The van der Waals surface area contributed by atoms with Gasteiger partial charge in [-0.1, -0.05) is 30.3 Å². The highest BCUT2D eigenvalue weighted by Crippen LogP contribution is 2.16. The fraction of sp³-hybridized carbons (Fsp3) is 0.500. The highest BCUT2D eigenvalue weighted by Gasteiger charge is 2.23. The molecule has 1 atom stereocenters. The normalized spacial score (nSPS) is 12.1. The number of nitrogens with zero attached hydrogens (tertiary/aromatic N) is 1. The van der Waals surface area contributed by atoms with Crippen molar-refractivity contribution in [2.24, 2.45) is 5.73 Å². The van der Waals surface area contributed by atoms with Gasteiger partial charge in [0.1, 0.15) is 0 Å². The van der Waals surface area contributed by atoms with Crippen molar-refractivity contribution in [1.29, 1.82) is 0 Å². The lowest BCUT2D eigenvalue weighted by atomic mass is 10.0. The maximum absolute atomic E-state index is 11.8. The summed E-state index contributed by atoms with van der Waals surface area (Å²) in [6.07, 6.45) is 0. The first-order chi connectivity index (χ1) is 8.32. The number of nitrogens with one attached hydrogen (secondary N) is 1. The van der Waals surface area contributed by atoms with E-state index in [-0.39, 0.29) is 36.8 Å². The molecule has 116 valence electrons. The maximum atomic E-state index is 11.8. The van der Waals surface area contributed by atoms with Crippen LogP contribution in [0.15, 0.2) is 30.3 Å². The van der Waals surface area contributed by atoms with Crippen LogP contribution in [0, 0.1) is 0 Å². The third-order valence-corrected chi connectivity index (χ3v) is 2.85. The zero-order chi connectivity index (χ0) is 13.8. The van der Waals surface area contributed by atoms with Gasteiger partial charge < -0.3 is 16.0 Å². The summed E-state index contributed by atoms with van der Waals surface area (Å²) >= 11 is 0. The molecular weight excluding hydrogens is 297 g/mol. The Balaban J connectivity index is 0. The van der Waals surface area contributed by atoms with E-state index in [9.17, 15) is 4.79 Å². The van der Waals surface area contributed by atoms with E-state index >= 15 is 0 Å². The minimum Gasteiger partial charge on any atom is -0.353 e. The Morgan fingerprint density at radius 2 is 1.75 bits per heavy atom. The summed E-state index contributed by atoms with van der Waals surface area (Å²) in [6, 6.07) is 10.3. The van der Waals surface area contributed by atoms with Gasteiger partial charge in [-0.3, -0.25) is 4.79 Å². The van der Waals surface area contributed by atoms with Gasteiger partial charge in [0.2, 0.25) is 5.91 Å². The molecule has 0 aromatic heterocycles. The smallest absolute Gasteiger partial charge is 0.239 e. The molecule has 0 saturated heterocycles. The second-order valence-electron chi connectivity index (χ2n) is 5.32. The van der Waals surface area contributed by atoms with Crippen LogP contribution in [0.1, 0.15) is 25.5 Å². The van der Waals surface area contributed by atoms with E-state index in [0.29, 0.717) is 6.54 Å². The minimum atomic E-state index is -0.840. The van der Waals surface area contributed by atoms with Gasteiger partial charge in [0.15, 0.2) is 0 Å². The quantitative estimate of drug-likeness (QED) is 0.872. The van der Waals surface area contributed by atoms with E-state index < -0.39 is 5.54 Å². The SMILES string of the molecule is CN(C)C(CNC(=O)C(C)(C)N)c1ccccc1.Cl.Cl. The molecule has 1 aromatic carbocycles. The molecule has 1 unspecified atom stereocenters. The number of hydrogen-bond acceptors (Lipinski definition) is 3. The van der Waals surface area contributed by atoms with E-state index in [1.807, 2.05) is 32.3 Å². The topological polar surface area (TPSA) is 58.4 Å². The van der Waals surface area contributed by atoms with Crippen LogP contribution in [0.25, 0.3) is 0 Å². The Morgan fingerprint density at radius 1 is 1.25 bits per heavy atom. The molecule has 0 aliphatic heterocycles. The van der Waals surface area contributed by atoms with Crippen molar-refractivity contribution in [3.63, 3.8) is 0 Å². The maximum Gasteiger partial charge on any atom is 0.239 e. The number of likely N-dealkylation sites (N-methyl/N-ethyl adjacent to an activating group) is 1. The third kappa shape index (κ3) is 6.57. The van der Waals surface area contributed by atoms with Crippen molar-refractivity contribution in [1.82, 2.24) is 10.2 Å². The molecule has 3 N–H and O–H groups in total. The van der Waals surface area contributed by atoms with Gasteiger partial charge in [-0.2, -0.15) is 0 Å². The van der Waals surface area contributed by atoms with E-state index in [4.69, 9.17) is 5.73 Å². The van der Waals surface area contributed by atoms with Gasteiger partial charge in [0.05, 0.1) is 11.6 Å². The highest BCUT2D eigenvalue weighted by molar-refractivity contribution is 5.86. The number of benzene rings is 1. The van der Waals surface area contributed by atoms with E-state index in [1.165, 1.54) is 5.56 Å². The standard InChI is InChI=1S/C14H23N3O.2ClH/c1-14(2,15)13(18)16-10-12(17(3)4)11-8-6-5-7-9-11;;/h5-9,12H,10,15H2,1-4H3,(H,16,18);2*1H. The summed E-state index contributed by atoms with van der Waals surface area (Å²) in [7, 11) is 3.99. The van der Waals surface area contributed by atoms with Crippen molar-refractivity contribution in [3.8, 4) is 0 Å². The summed E-state index contributed by atoms with van der Waals surface area (Å²) in [5.41, 5.74) is 6.09. The van der Waals surface area contributed by atoms with E-state index in [2.05, 4.69) is 22.3 Å². The summed E-state index contributed by atoms with van der Waals surface area (Å²) in [4.78, 5) is 13.9. The molecule has 1 rings (SSSR count). The first kappa shape index (κ1) is 21.5. The number of carbonyl (C=O) groups is 1. The molecule has 0 radical (unpaired) electrons. The van der Waals surface area contributed by atoms with E-state index in [0.717, 1.165) is 0 Å². The fourth-order valence-electron chi connectivity index (χ4n) is 1.69. The Labute approximate surface area is 133 Å². The molecule has 0 fully saturated rings. The van der Waals surface area contributed by atoms with Gasteiger partial charge in [0, 0.05) is 6.54 Å². The van der Waals surface area contributed by atoms with Crippen molar-refractivity contribution >= 4 is 30.7 Å². The van der Waals surface area contributed by atoms with Gasteiger partial charge >= 0.3 is 0 Å². The van der Waals surface area contributed by atoms with Gasteiger partial charge in [-0.25, -0.2) is 0 Å². The van der Waals surface area contributed by atoms with Crippen LogP contribution in [0.4, 0.5) is 0 Å². The van der Waals surface area contributed by atoms with Crippen molar-refractivity contribution in [3.05, 3.63) is 35.9 Å². The van der Waals surface area contributed by atoms with E-state index in [1.54, 1.807) is 13.8 Å². The summed E-state index contributed by atoms with van der Waals surface area (Å²) in [5, 5.41) is 2.90. The molecule has 4 nitrogen and oxygen atoms in total. The Bertz CT molecular complexity index is 391. The number of halogens is 2. The molecule has 0 bridgehead atoms. The number of nitrogens with two attached hydrogens (primary N) is 1. The molecule has 1 aromatic rings. The number of rotatable bonds is 5. The predicted molar refractivity (Wildman–Crippen MR) is 88.6 cm³/mol. The molecule has 0 spiro atoms. The lowest BCUT2D eigenvalue weighted by Crippen LogP contribution is -2.50. The summed E-state index contributed by atoms with van der Waals surface area (Å²) < 4.78 is 0. The van der Waals surface area contributed by atoms with Crippen molar-refractivity contribution in [2.45, 2.75) is 25.4 Å². The molecular formula is C14H25Cl2N3O. The Hall–Kier alpha value is -0.810. The predicted octanol–water partition coefficient (Wildman–Crippen LogP) is 1.99. The summed E-state index contributed by atoms with van der Waals surface area (Å²) in [5.74, 6) is -0.134. The zero-order valence-corrected chi connectivity index (χ0v) is 14.1. The van der Waals surface area contributed by atoms with Crippen molar-refractivity contribution < 1.29 is 4.79 Å². The molecule has 0 aliphatic rings. The van der Waals surface area contributed by atoms with Gasteiger partial charge in [-0.05, 0) is 33.5 Å². The number of hydrogen-bond donors (Lipinski definition) is 2. The first-order valence-corrected chi connectivity index (χ1v) is 6.11. The molecule has 0 heterocycles. The molecule has 0 aliphatic carbocycles. The highest BCUT2D eigenvalue weighted by atomic mass is 35.5. The van der Waals surface area contributed by atoms with Gasteiger partial charge in [0.25, 0.3) is 0 Å². The molecule has 6 heteroatoms. The lowest BCUT2D eigenvalue weighted by molar-refractivity contribution is -0.125. The van der Waals surface area contributed by atoms with Crippen LogP contribution < -0.4 is 11.1 Å². The number of carbonyl (C=O) groups excluding carboxylic acids is 1. The van der Waals surface area contributed by atoms with Crippen molar-refractivity contribution in [2.75, 3.05) is 20.6 Å². The second-order valence-corrected chi connectivity index (χ2v) is 5.32. The Kier molecular flexibility index (Phi) is 9.87. The molecule has 1 amide bonds.